The summed E-state index contributed by atoms with van der Waals surface area (Å²) in [6.07, 6.45) is 3.34. The molecule has 0 aliphatic carbocycles. The number of hydrogen-bond acceptors (Lipinski definition) is 4. The predicted molar refractivity (Wildman–Crippen MR) is 46.8 cm³/mol. The molecule has 0 N–H and O–H groups in total. The van der Waals surface area contributed by atoms with E-state index >= 15 is 0 Å². The lowest BCUT2D eigenvalue weighted by Crippen LogP contribution is -2.30. The van der Waals surface area contributed by atoms with Crippen molar-refractivity contribution in [2.75, 3.05) is 0 Å². The molecule has 0 saturated heterocycles. The molecule has 80 valence electrons. The SMILES string of the molecule is C=CCCCC(CC(=O)[O-])CC(=O)[O-]. The molecule has 0 fully saturated rings. The van der Waals surface area contributed by atoms with E-state index in [2.05, 4.69) is 6.58 Å². The second-order valence-corrected chi connectivity index (χ2v) is 3.24. The van der Waals surface area contributed by atoms with Gasteiger partial charge >= 0.3 is 0 Å². The smallest absolute Gasteiger partial charge is 0.0417 e. The van der Waals surface area contributed by atoms with Crippen LogP contribution in [-0.4, -0.2) is 11.9 Å². The summed E-state index contributed by atoms with van der Waals surface area (Å²) in [6, 6.07) is 0. The van der Waals surface area contributed by atoms with Crippen LogP contribution < -0.4 is 10.2 Å². The van der Waals surface area contributed by atoms with Crippen molar-refractivity contribution in [2.45, 2.75) is 32.1 Å². The average Bonchev–Trinajstić information content (AvgIpc) is 2.02. The molecule has 0 aromatic rings. The van der Waals surface area contributed by atoms with E-state index in [0.29, 0.717) is 6.42 Å². The van der Waals surface area contributed by atoms with Gasteiger partial charge in [-0.25, -0.2) is 0 Å². The van der Waals surface area contributed by atoms with E-state index in [1.807, 2.05) is 0 Å². The van der Waals surface area contributed by atoms with E-state index < -0.39 is 11.9 Å². The summed E-state index contributed by atoms with van der Waals surface area (Å²) in [5.74, 6) is -2.81. The van der Waals surface area contributed by atoms with Crippen LogP contribution in [-0.2, 0) is 9.59 Å². The highest BCUT2D eigenvalue weighted by atomic mass is 16.4. The maximum Gasteiger partial charge on any atom is 0.0417 e. The normalized spacial score (nSPS) is 10.1. The molecule has 0 radical (unpaired) electrons. The number of carboxylic acids is 2. The fourth-order valence-corrected chi connectivity index (χ4v) is 1.30. The Morgan fingerprint density at radius 3 is 2.07 bits per heavy atom. The number of rotatable bonds is 8. The second kappa shape index (κ2) is 7.12. The third-order valence-electron chi connectivity index (χ3n) is 1.93. The van der Waals surface area contributed by atoms with Crippen molar-refractivity contribution in [3.63, 3.8) is 0 Å². The first-order chi connectivity index (χ1) is 6.56. The van der Waals surface area contributed by atoms with Crippen molar-refractivity contribution < 1.29 is 19.8 Å². The summed E-state index contributed by atoms with van der Waals surface area (Å²) in [6.45, 7) is 3.52. The van der Waals surface area contributed by atoms with Crippen LogP contribution in [0.4, 0.5) is 0 Å². The van der Waals surface area contributed by atoms with Crippen LogP contribution in [0.3, 0.4) is 0 Å². The maximum absolute atomic E-state index is 10.3. The number of hydrogen-bond donors (Lipinski definition) is 0. The van der Waals surface area contributed by atoms with Crippen molar-refractivity contribution in [3.8, 4) is 0 Å². The van der Waals surface area contributed by atoms with Gasteiger partial charge in [-0.3, -0.25) is 0 Å². The van der Waals surface area contributed by atoms with Gasteiger partial charge in [0.2, 0.25) is 0 Å². The molecule has 0 heterocycles. The molecule has 4 heteroatoms. The summed E-state index contributed by atoms with van der Waals surface area (Å²) >= 11 is 0. The number of carbonyl (C=O) groups excluding carboxylic acids is 2. The molecule has 0 unspecified atom stereocenters. The lowest BCUT2D eigenvalue weighted by atomic mass is 9.95. The van der Waals surface area contributed by atoms with E-state index in [1.54, 1.807) is 6.08 Å². The van der Waals surface area contributed by atoms with Crippen LogP contribution >= 0.6 is 0 Å². The molecule has 0 atom stereocenters. The van der Waals surface area contributed by atoms with E-state index in [9.17, 15) is 19.8 Å². The second-order valence-electron chi connectivity index (χ2n) is 3.24. The molecule has 0 aromatic heterocycles. The Bertz CT molecular complexity index is 194. The molecular weight excluding hydrogens is 184 g/mol. The minimum Gasteiger partial charge on any atom is -0.550 e. The standard InChI is InChI=1S/C10H16O4/c1-2-3-4-5-8(6-9(11)12)7-10(13)14/h2,8H,1,3-7H2,(H,11,12)(H,13,14)/p-2. The van der Waals surface area contributed by atoms with Crippen molar-refractivity contribution in [1.29, 1.82) is 0 Å². The first-order valence-electron chi connectivity index (χ1n) is 4.56. The lowest BCUT2D eigenvalue weighted by molar-refractivity contribution is -0.309. The van der Waals surface area contributed by atoms with Gasteiger partial charge in [0, 0.05) is 11.9 Å². The lowest BCUT2D eigenvalue weighted by Gasteiger charge is -2.17. The van der Waals surface area contributed by atoms with Crippen LogP contribution in [0, 0.1) is 5.92 Å². The molecule has 0 aliphatic rings. The third kappa shape index (κ3) is 7.34. The van der Waals surface area contributed by atoms with Gasteiger partial charge in [-0.1, -0.05) is 6.08 Å². The van der Waals surface area contributed by atoms with E-state index in [1.165, 1.54) is 0 Å². The van der Waals surface area contributed by atoms with Crippen LogP contribution in [0.2, 0.25) is 0 Å². The Labute approximate surface area is 83.2 Å². The predicted octanol–water partition coefficient (Wildman–Crippen LogP) is -0.761. The number of carboxylic acid groups (broad SMARTS) is 2. The third-order valence-corrected chi connectivity index (χ3v) is 1.93. The topological polar surface area (TPSA) is 80.3 Å². The van der Waals surface area contributed by atoms with Crippen molar-refractivity contribution in [1.82, 2.24) is 0 Å². The number of unbranched alkanes of at least 4 members (excludes halogenated alkanes) is 1. The van der Waals surface area contributed by atoms with Crippen LogP contribution in [0.15, 0.2) is 12.7 Å². The highest BCUT2D eigenvalue weighted by Crippen LogP contribution is 2.16. The highest BCUT2D eigenvalue weighted by Gasteiger charge is 2.08. The van der Waals surface area contributed by atoms with E-state index in [0.717, 1.165) is 12.8 Å². The van der Waals surface area contributed by atoms with E-state index in [4.69, 9.17) is 0 Å². The van der Waals surface area contributed by atoms with E-state index in [-0.39, 0.29) is 18.8 Å². The summed E-state index contributed by atoms with van der Waals surface area (Å²) < 4.78 is 0. The van der Waals surface area contributed by atoms with Crippen LogP contribution in [0.5, 0.6) is 0 Å². The van der Waals surface area contributed by atoms with Gasteiger partial charge in [0.1, 0.15) is 0 Å². The summed E-state index contributed by atoms with van der Waals surface area (Å²) in [7, 11) is 0. The first-order valence-corrected chi connectivity index (χ1v) is 4.56. The molecule has 14 heavy (non-hydrogen) atoms. The van der Waals surface area contributed by atoms with Crippen LogP contribution in [0.25, 0.3) is 0 Å². The van der Waals surface area contributed by atoms with Gasteiger partial charge in [0.15, 0.2) is 0 Å². The molecule has 0 bridgehead atoms. The first kappa shape index (κ1) is 12.7. The van der Waals surface area contributed by atoms with Crippen molar-refractivity contribution in [3.05, 3.63) is 12.7 Å². The molecule has 0 amide bonds. The Morgan fingerprint density at radius 1 is 1.21 bits per heavy atom. The molecule has 0 spiro atoms. The number of aliphatic carboxylic acids is 2. The number of carbonyl (C=O) groups is 2. The summed E-state index contributed by atoms with van der Waals surface area (Å²) in [5.41, 5.74) is 0. The Hall–Kier alpha value is -1.32. The molecular formula is C10H14O4-2. The van der Waals surface area contributed by atoms with Gasteiger partial charge in [0.25, 0.3) is 0 Å². The van der Waals surface area contributed by atoms with Gasteiger partial charge in [-0.05, 0) is 38.0 Å². The molecule has 0 aromatic carbocycles. The fourth-order valence-electron chi connectivity index (χ4n) is 1.30. The van der Waals surface area contributed by atoms with Gasteiger partial charge in [0.05, 0.1) is 0 Å². The Balaban J connectivity index is 3.89. The highest BCUT2D eigenvalue weighted by molar-refractivity contribution is 5.68. The quantitative estimate of drug-likeness (QED) is 0.379. The van der Waals surface area contributed by atoms with Gasteiger partial charge < -0.3 is 19.8 Å². The van der Waals surface area contributed by atoms with Crippen LogP contribution in [0.1, 0.15) is 32.1 Å². The monoisotopic (exact) mass is 198 g/mol. The fraction of sp³-hybridized carbons (Fsp3) is 0.600. The zero-order valence-corrected chi connectivity index (χ0v) is 8.03. The minimum absolute atomic E-state index is 0.217. The summed E-state index contributed by atoms with van der Waals surface area (Å²) in [5, 5.41) is 20.6. The minimum atomic E-state index is -1.21. The Kier molecular flexibility index (Phi) is 6.45. The Morgan fingerprint density at radius 2 is 1.71 bits per heavy atom. The zero-order chi connectivity index (χ0) is 11.0. The molecule has 4 nitrogen and oxygen atoms in total. The van der Waals surface area contributed by atoms with Gasteiger partial charge in [-0.2, -0.15) is 0 Å². The van der Waals surface area contributed by atoms with Gasteiger partial charge in [-0.15, -0.1) is 6.58 Å². The van der Waals surface area contributed by atoms with Crippen molar-refractivity contribution in [2.24, 2.45) is 5.92 Å². The molecule has 0 aliphatic heterocycles. The summed E-state index contributed by atoms with van der Waals surface area (Å²) in [4.78, 5) is 20.6. The molecule has 0 saturated carbocycles. The van der Waals surface area contributed by atoms with Crippen molar-refractivity contribution >= 4 is 11.9 Å². The average molecular weight is 198 g/mol. The largest absolute Gasteiger partial charge is 0.550 e. The zero-order valence-electron chi connectivity index (χ0n) is 8.03. The molecule has 0 rings (SSSR count). The number of allylic oxidation sites excluding steroid dienone is 1. The maximum atomic E-state index is 10.3.